The number of cyclic esters (lactones) is 1. The number of carbonyl (C=O) groups excluding carboxylic acids is 3. The molecule has 6 N–H and O–H groups in total. The second-order valence-corrected chi connectivity index (χ2v) is 7.82. The zero-order chi connectivity index (χ0) is 22.7. The highest BCUT2D eigenvalue weighted by Gasteiger charge is 2.34. The van der Waals surface area contributed by atoms with E-state index in [9.17, 15) is 19.6 Å². The molecule has 10 nitrogen and oxygen atoms in total. The first-order chi connectivity index (χ1) is 15.5. The monoisotopic (exact) mass is 440 g/mol. The molecule has 32 heavy (non-hydrogen) atoms. The van der Waals surface area contributed by atoms with Gasteiger partial charge in [0.15, 0.2) is 5.69 Å². The van der Waals surface area contributed by atoms with Crippen LogP contribution >= 0.6 is 0 Å². The van der Waals surface area contributed by atoms with Gasteiger partial charge in [0.2, 0.25) is 5.91 Å². The largest absolute Gasteiger partial charge is 0.444 e. The molecule has 0 saturated carbocycles. The van der Waals surface area contributed by atoms with Crippen LogP contribution in [0.4, 0.5) is 21.9 Å². The van der Waals surface area contributed by atoms with E-state index in [0.717, 1.165) is 35.3 Å². The summed E-state index contributed by atoms with van der Waals surface area (Å²) >= 11 is 0. The number of ether oxygens (including phenoxy) is 1. The number of para-hydroxylation sites is 1. The number of piperidine rings is 1. The number of anilines is 2. The molecule has 2 aromatic rings. The van der Waals surface area contributed by atoms with Crippen molar-refractivity contribution in [2.45, 2.75) is 25.5 Å². The number of primary amides is 1. The maximum atomic E-state index is 12.5. The molecule has 0 bridgehead atoms. The molecular weight excluding hydrogens is 414 g/mol. The van der Waals surface area contributed by atoms with Gasteiger partial charge in [-0.05, 0) is 31.0 Å². The molecule has 0 aliphatic carbocycles. The quantitative estimate of drug-likeness (QED) is 0.383. The Kier molecular flexibility index (Phi) is 6.24. The summed E-state index contributed by atoms with van der Waals surface area (Å²) < 4.78 is 5.36. The molecule has 2 aliphatic rings. The zero-order valence-corrected chi connectivity index (χ0v) is 17.5. The summed E-state index contributed by atoms with van der Waals surface area (Å²) in [7, 11) is 0. The second-order valence-electron chi connectivity index (χ2n) is 7.82. The zero-order valence-electron chi connectivity index (χ0n) is 17.5. The van der Waals surface area contributed by atoms with Crippen molar-refractivity contribution in [1.82, 2.24) is 5.32 Å². The van der Waals surface area contributed by atoms with Gasteiger partial charge in [-0.2, -0.15) is 5.48 Å². The smallest absolute Gasteiger partial charge is 0.414 e. The van der Waals surface area contributed by atoms with E-state index in [2.05, 4.69) is 10.2 Å². The van der Waals surface area contributed by atoms with Crippen molar-refractivity contribution >= 4 is 35.0 Å². The van der Waals surface area contributed by atoms with Crippen molar-refractivity contribution in [1.29, 1.82) is 0 Å². The average molecular weight is 440 g/mol. The van der Waals surface area contributed by atoms with Gasteiger partial charge in [0.1, 0.15) is 12.3 Å². The minimum atomic E-state index is -0.632. The first-order valence-electron chi connectivity index (χ1n) is 10.4. The van der Waals surface area contributed by atoms with Crippen LogP contribution in [0.15, 0.2) is 42.5 Å². The van der Waals surface area contributed by atoms with Crippen LogP contribution in [0.3, 0.4) is 0 Å². The molecule has 168 valence electrons. The summed E-state index contributed by atoms with van der Waals surface area (Å²) in [6, 6.07) is 12.8. The minimum Gasteiger partial charge on any atom is -0.444 e. The van der Waals surface area contributed by atoms with Gasteiger partial charge in [-0.25, -0.2) is 10.0 Å². The second kappa shape index (κ2) is 9.25. The maximum absolute atomic E-state index is 12.5. The molecule has 2 aliphatic heterocycles. The number of hydrogen-bond donors (Lipinski definition) is 4. The Bertz CT molecular complexity index is 1040. The lowest BCUT2D eigenvalue weighted by atomic mass is 9.99. The molecule has 2 aromatic carbocycles. The number of amides is 3. The van der Waals surface area contributed by atoms with E-state index in [4.69, 9.17) is 10.5 Å². The van der Waals surface area contributed by atoms with E-state index in [1.54, 1.807) is 23.1 Å². The molecule has 4 rings (SSSR count). The fraction of sp³-hybridized carbons (Fsp3) is 0.318. The summed E-state index contributed by atoms with van der Waals surface area (Å²) in [5.74, 6) is -1.08. The highest BCUT2D eigenvalue weighted by molar-refractivity contribution is 5.97. The summed E-state index contributed by atoms with van der Waals surface area (Å²) in [6.45, 7) is 1.38. The van der Waals surface area contributed by atoms with Crippen molar-refractivity contribution in [3.63, 3.8) is 0 Å². The normalized spacial score (nSPS) is 16.3. The number of quaternary nitrogens is 1. The highest BCUT2D eigenvalue weighted by atomic mass is 16.6. The van der Waals surface area contributed by atoms with Gasteiger partial charge in [0.25, 0.3) is 5.91 Å². The molecule has 3 amide bonds. The summed E-state index contributed by atoms with van der Waals surface area (Å²) in [5.41, 5.74) is 9.52. The van der Waals surface area contributed by atoms with Gasteiger partial charge in [-0.15, -0.1) is 0 Å². The van der Waals surface area contributed by atoms with Crippen LogP contribution in [0, 0.1) is 0 Å². The Balaban J connectivity index is 1.46. The predicted octanol–water partition coefficient (Wildman–Crippen LogP) is 0.611. The maximum Gasteiger partial charge on any atom is 0.414 e. The van der Waals surface area contributed by atoms with Crippen LogP contribution in [-0.4, -0.2) is 48.8 Å². The van der Waals surface area contributed by atoms with Crippen LogP contribution in [0.1, 0.15) is 28.8 Å². The molecular formula is C22H26N5O5+. The third-order valence-electron chi connectivity index (χ3n) is 5.82. The summed E-state index contributed by atoms with van der Waals surface area (Å²) in [6.07, 6.45) is 1.14. The minimum absolute atomic E-state index is 0.0145. The van der Waals surface area contributed by atoms with Crippen molar-refractivity contribution < 1.29 is 29.8 Å². The van der Waals surface area contributed by atoms with Gasteiger partial charge in [-0.1, -0.05) is 18.2 Å². The Morgan fingerprint density at radius 2 is 1.91 bits per heavy atom. The Labute approximate surface area is 184 Å². The first-order valence-corrected chi connectivity index (χ1v) is 10.4. The van der Waals surface area contributed by atoms with Gasteiger partial charge in [0, 0.05) is 36.3 Å². The van der Waals surface area contributed by atoms with Gasteiger partial charge in [-0.3, -0.25) is 14.5 Å². The lowest BCUT2D eigenvalue weighted by Gasteiger charge is -2.40. The van der Waals surface area contributed by atoms with Crippen LogP contribution < -0.4 is 26.3 Å². The van der Waals surface area contributed by atoms with E-state index in [1.807, 2.05) is 24.3 Å². The van der Waals surface area contributed by atoms with Gasteiger partial charge < -0.3 is 20.7 Å². The van der Waals surface area contributed by atoms with Crippen molar-refractivity contribution in [3.8, 4) is 0 Å². The van der Waals surface area contributed by atoms with E-state index in [1.165, 1.54) is 0 Å². The molecule has 0 unspecified atom stereocenters. The molecule has 1 saturated heterocycles. The van der Waals surface area contributed by atoms with Crippen LogP contribution in [0.5, 0.6) is 0 Å². The van der Waals surface area contributed by atoms with E-state index >= 15 is 0 Å². The number of nitrogens with two attached hydrogens (primary N) is 2. The molecule has 2 heterocycles. The van der Waals surface area contributed by atoms with Crippen LogP contribution in [0.2, 0.25) is 0 Å². The molecule has 0 atom stereocenters. The molecule has 0 spiro atoms. The number of nitrogens with one attached hydrogen (secondary N) is 1. The third kappa shape index (κ3) is 4.36. The van der Waals surface area contributed by atoms with Crippen molar-refractivity contribution in [2.75, 3.05) is 29.4 Å². The lowest BCUT2D eigenvalue weighted by Crippen LogP contribution is -2.74. The van der Waals surface area contributed by atoms with E-state index in [0.29, 0.717) is 30.9 Å². The van der Waals surface area contributed by atoms with Crippen molar-refractivity contribution in [3.05, 3.63) is 53.6 Å². The number of rotatable bonds is 6. The van der Waals surface area contributed by atoms with Crippen LogP contribution in [-0.2, 0) is 16.1 Å². The number of fused-ring (bicyclic) bond motifs is 1. The number of benzene rings is 2. The highest BCUT2D eigenvalue weighted by Crippen LogP contribution is 2.33. The molecule has 1 fully saturated rings. The van der Waals surface area contributed by atoms with Crippen LogP contribution in [0.25, 0.3) is 0 Å². The predicted molar refractivity (Wildman–Crippen MR) is 116 cm³/mol. The van der Waals surface area contributed by atoms with E-state index < -0.39 is 11.8 Å². The standard InChI is InChI=1S/C22H25N5O5/c23-20(28)12-24-21(29)14-5-6-19(17(11-14)25-31)26-9-7-16(8-10-26)27-18-4-2-1-3-15(18)13-32-22(27)30/h1-6,11,16,25,31H,7-10,12-13H2,(H2,23,28)(H,24,29)/p+1. The molecule has 10 heteroatoms. The van der Waals surface area contributed by atoms with Gasteiger partial charge in [0.05, 0.1) is 12.2 Å². The summed E-state index contributed by atoms with van der Waals surface area (Å²) in [4.78, 5) is 39.4. The SMILES string of the molecule is NC(=O)CNC(=O)c1ccc(N2CCC(N3C(=O)OCc4ccccc43)CC2)c([NH2+]O)c1. The first kappa shape index (κ1) is 21.6. The van der Waals surface area contributed by atoms with Crippen molar-refractivity contribution in [2.24, 2.45) is 5.73 Å². The molecule has 0 aromatic heterocycles. The topological polar surface area (TPSA) is 142 Å². The fourth-order valence-corrected chi connectivity index (χ4v) is 4.24. The number of hydrogen-bond acceptors (Lipinski definition) is 6. The lowest BCUT2D eigenvalue weighted by molar-refractivity contribution is -0.825. The van der Waals surface area contributed by atoms with Gasteiger partial charge >= 0.3 is 6.09 Å². The molecule has 0 radical (unpaired) electrons. The number of carbonyl (C=O) groups is 3. The third-order valence-corrected chi connectivity index (χ3v) is 5.82. The Morgan fingerprint density at radius 1 is 1.16 bits per heavy atom. The average Bonchev–Trinajstić information content (AvgIpc) is 2.82. The summed E-state index contributed by atoms with van der Waals surface area (Å²) in [5, 5.41) is 12.2. The Morgan fingerprint density at radius 3 is 2.62 bits per heavy atom. The fourth-order valence-electron chi connectivity index (χ4n) is 4.24. The number of nitrogens with zero attached hydrogens (tertiary/aromatic N) is 2. The van der Waals surface area contributed by atoms with E-state index in [-0.39, 0.29) is 18.7 Å². The Hall–Kier alpha value is -3.63.